The van der Waals surface area contributed by atoms with Crippen molar-refractivity contribution in [2.24, 2.45) is 0 Å². The Morgan fingerprint density at radius 2 is 1.82 bits per heavy atom. The summed E-state index contributed by atoms with van der Waals surface area (Å²) in [7, 11) is 0. The molecule has 3 aromatic rings. The van der Waals surface area contributed by atoms with Crippen LogP contribution in [0.1, 0.15) is 27.1 Å². The average Bonchev–Trinajstić information content (AvgIpc) is 3.15. The van der Waals surface area contributed by atoms with Crippen molar-refractivity contribution in [1.82, 2.24) is 5.32 Å². The molecule has 2 aliphatic heterocycles. The van der Waals surface area contributed by atoms with E-state index >= 15 is 0 Å². The van der Waals surface area contributed by atoms with E-state index in [1.54, 1.807) is 54.6 Å². The van der Waals surface area contributed by atoms with Crippen LogP contribution in [-0.2, 0) is 4.74 Å². The smallest absolute Gasteiger partial charge is 0.357 e. The van der Waals surface area contributed by atoms with Crippen LogP contribution in [0.15, 0.2) is 114 Å². The third-order valence-corrected chi connectivity index (χ3v) is 7.75. The number of carbonyl (C=O) groups excluding carboxylic acids is 2. The normalized spacial score (nSPS) is 19.6. The topological polar surface area (TPSA) is 87.7 Å². The number of hydrogen-bond acceptors (Lipinski definition) is 5. The number of ether oxygens (including phenoxy) is 1. The first-order valence-corrected chi connectivity index (χ1v) is 13.4. The maximum atomic E-state index is 14.3. The fourth-order valence-corrected chi connectivity index (χ4v) is 5.72. The van der Waals surface area contributed by atoms with Crippen molar-refractivity contribution < 1.29 is 23.9 Å². The van der Waals surface area contributed by atoms with Crippen LogP contribution in [-0.4, -0.2) is 41.2 Å². The van der Waals surface area contributed by atoms with E-state index < -0.39 is 0 Å². The number of halogens is 1. The van der Waals surface area contributed by atoms with E-state index in [-0.39, 0.29) is 27.1 Å². The van der Waals surface area contributed by atoms with Crippen LogP contribution in [0.2, 0.25) is 5.02 Å². The molecule has 1 saturated heterocycles. The quantitative estimate of drug-likeness (QED) is 0.339. The molecule has 0 unspecified atom stereocenters. The fraction of sp³-hybridized carbons (Fsp3) is 0.125. The average molecular weight is 553 g/mol. The Bertz CT molecular complexity index is 1640. The Labute approximate surface area is 236 Å². The lowest BCUT2D eigenvalue weighted by Crippen LogP contribution is -2.56. The van der Waals surface area contributed by atoms with E-state index in [0.717, 1.165) is 34.5 Å². The van der Waals surface area contributed by atoms with E-state index in [1.807, 2.05) is 36.7 Å². The number of rotatable bonds is 4. The van der Waals surface area contributed by atoms with Crippen LogP contribution in [0, 0.1) is 0 Å². The van der Waals surface area contributed by atoms with Gasteiger partial charge in [-0.25, -0.2) is 4.79 Å². The Morgan fingerprint density at radius 3 is 2.65 bits per heavy atom. The maximum Gasteiger partial charge on any atom is 0.357 e. The SMILES string of the molecule is O=C(Nc1ccc(C(=O)[N@+]23CCOCC2=CNC=C2CC=CC=C23)c(Cl)c1)c1ccccc1-c1ccc(O)cc1. The number of phenols is 1. The molecule has 2 amide bonds. The van der Waals surface area contributed by atoms with Crippen LogP contribution in [0.3, 0.4) is 0 Å². The summed E-state index contributed by atoms with van der Waals surface area (Å²) in [6, 6.07) is 18.9. The molecular formula is C32H27ClN3O4+. The van der Waals surface area contributed by atoms with Crippen LogP contribution in [0.25, 0.3) is 11.1 Å². The second-order valence-corrected chi connectivity index (χ2v) is 10.2. The molecule has 0 saturated carbocycles. The van der Waals surface area contributed by atoms with Gasteiger partial charge in [0, 0.05) is 29.1 Å². The molecule has 0 bridgehead atoms. The number of hydrogen-bond donors (Lipinski definition) is 3. The summed E-state index contributed by atoms with van der Waals surface area (Å²) < 4.78 is 5.74. The van der Waals surface area contributed by atoms with Gasteiger partial charge < -0.3 is 20.5 Å². The molecule has 40 heavy (non-hydrogen) atoms. The molecular weight excluding hydrogens is 526 g/mol. The van der Waals surface area contributed by atoms with Crippen LogP contribution < -0.4 is 10.6 Å². The van der Waals surface area contributed by atoms with Gasteiger partial charge in [-0.1, -0.05) is 54.1 Å². The first kappa shape index (κ1) is 25.8. The number of benzene rings is 3. The summed E-state index contributed by atoms with van der Waals surface area (Å²) in [5.74, 6) is -0.307. The first-order chi connectivity index (χ1) is 19.5. The Morgan fingerprint density at radius 1 is 1.00 bits per heavy atom. The van der Waals surface area contributed by atoms with Gasteiger partial charge >= 0.3 is 5.91 Å². The van der Waals surface area contributed by atoms with Crippen LogP contribution in [0.5, 0.6) is 5.75 Å². The lowest BCUT2D eigenvalue weighted by Gasteiger charge is -2.41. The van der Waals surface area contributed by atoms with E-state index in [0.29, 0.717) is 36.6 Å². The van der Waals surface area contributed by atoms with E-state index in [9.17, 15) is 14.7 Å². The fourth-order valence-electron chi connectivity index (χ4n) is 5.45. The molecule has 0 spiro atoms. The predicted octanol–water partition coefficient (Wildman–Crippen LogP) is 6.12. The van der Waals surface area contributed by atoms with Crippen molar-refractivity contribution in [2.75, 3.05) is 25.1 Å². The largest absolute Gasteiger partial charge is 0.508 e. The summed E-state index contributed by atoms with van der Waals surface area (Å²) >= 11 is 6.74. The Balaban J connectivity index is 1.31. The zero-order valence-corrected chi connectivity index (χ0v) is 22.3. The van der Waals surface area contributed by atoms with Gasteiger partial charge in [0.05, 0.1) is 23.4 Å². The third kappa shape index (κ3) is 4.54. The number of allylic oxidation sites excluding steroid dienone is 4. The van der Waals surface area contributed by atoms with Gasteiger partial charge in [0.15, 0.2) is 11.4 Å². The summed E-state index contributed by atoms with van der Waals surface area (Å²) in [5, 5.41) is 16.0. The molecule has 8 heteroatoms. The number of phenolic OH excluding ortho intramolecular Hbond substituents is 1. The van der Waals surface area contributed by atoms with Crippen molar-refractivity contribution in [3.63, 3.8) is 0 Å². The van der Waals surface area contributed by atoms with Gasteiger partial charge in [-0.2, -0.15) is 4.48 Å². The Hall–Kier alpha value is -4.43. The molecule has 0 aromatic heterocycles. The molecule has 3 aromatic carbocycles. The predicted molar refractivity (Wildman–Crippen MR) is 154 cm³/mol. The Kier molecular flexibility index (Phi) is 6.86. The highest BCUT2D eigenvalue weighted by Crippen LogP contribution is 2.40. The van der Waals surface area contributed by atoms with Crippen LogP contribution >= 0.6 is 11.6 Å². The lowest BCUT2D eigenvalue weighted by atomic mass is 9.98. The highest BCUT2D eigenvalue weighted by molar-refractivity contribution is 6.34. The van der Waals surface area contributed by atoms with Crippen molar-refractivity contribution in [3.8, 4) is 16.9 Å². The number of morpholine rings is 1. The number of anilines is 1. The number of fused-ring (bicyclic) bond motifs is 3. The highest BCUT2D eigenvalue weighted by Gasteiger charge is 2.50. The van der Waals surface area contributed by atoms with Gasteiger partial charge in [-0.15, -0.1) is 0 Å². The second kappa shape index (κ2) is 10.6. The highest BCUT2D eigenvalue weighted by atomic mass is 35.5. The molecule has 1 aliphatic carbocycles. The van der Waals surface area contributed by atoms with E-state index in [4.69, 9.17) is 16.3 Å². The monoisotopic (exact) mass is 552 g/mol. The standard InChI is InChI=1S/C32H26ClN3O4/c33-29-17-23(35-31(38)27-7-3-2-6-26(27)21-9-12-25(37)13-10-21)11-14-28(29)32(39)36-15-16-40-20-24(36)19-34-18-22-5-1-4-8-30(22)36/h1-4,6-14,17-19,34H,5,15-16,20H2,(H-,35,37,38,39)/p+1/t36-/m1/s1. The number of carbonyl (C=O) groups is 2. The number of quaternary nitrogens is 1. The minimum absolute atomic E-state index is 0.00854. The number of nitrogens with zero attached hydrogens (tertiary/aromatic N) is 1. The summed E-state index contributed by atoms with van der Waals surface area (Å²) in [5.41, 5.74) is 5.61. The van der Waals surface area contributed by atoms with Crippen LogP contribution in [0.4, 0.5) is 5.69 Å². The minimum Gasteiger partial charge on any atom is -0.508 e. The summed E-state index contributed by atoms with van der Waals surface area (Å²) in [6.45, 7) is 1.21. The molecule has 1 atom stereocenters. The van der Waals surface area contributed by atoms with Crippen molar-refractivity contribution in [2.45, 2.75) is 6.42 Å². The number of amides is 2. The van der Waals surface area contributed by atoms with Crippen molar-refractivity contribution in [3.05, 3.63) is 130 Å². The molecule has 3 aliphatic rings. The second-order valence-electron chi connectivity index (χ2n) is 9.79. The van der Waals surface area contributed by atoms with Gasteiger partial charge in [-0.3, -0.25) is 4.79 Å². The maximum absolute atomic E-state index is 14.3. The molecule has 200 valence electrons. The van der Waals surface area contributed by atoms with E-state index in [2.05, 4.69) is 16.7 Å². The van der Waals surface area contributed by atoms with Gasteiger partial charge in [0.2, 0.25) is 0 Å². The molecule has 3 N–H and O–H groups in total. The zero-order chi connectivity index (χ0) is 27.7. The number of aromatic hydroxyl groups is 1. The third-order valence-electron chi connectivity index (χ3n) is 7.44. The van der Waals surface area contributed by atoms with E-state index in [1.165, 1.54) is 0 Å². The van der Waals surface area contributed by atoms with Crippen molar-refractivity contribution >= 4 is 29.1 Å². The minimum atomic E-state index is -0.313. The lowest BCUT2D eigenvalue weighted by molar-refractivity contribution is -0.779. The van der Waals surface area contributed by atoms with Gasteiger partial charge in [0.1, 0.15) is 18.9 Å². The number of nitrogens with one attached hydrogen (secondary N) is 2. The molecule has 6 rings (SSSR count). The molecule has 2 heterocycles. The summed E-state index contributed by atoms with van der Waals surface area (Å²) in [4.78, 5) is 27.6. The molecule has 7 nitrogen and oxygen atoms in total. The van der Waals surface area contributed by atoms with Crippen molar-refractivity contribution in [1.29, 1.82) is 0 Å². The zero-order valence-electron chi connectivity index (χ0n) is 21.6. The summed E-state index contributed by atoms with van der Waals surface area (Å²) in [6.07, 6.45) is 10.5. The van der Waals surface area contributed by atoms with Gasteiger partial charge in [-0.05, 0) is 53.9 Å². The molecule has 0 radical (unpaired) electrons. The first-order valence-electron chi connectivity index (χ1n) is 13.0. The van der Waals surface area contributed by atoms with Gasteiger partial charge in [0.25, 0.3) is 5.91 Å². The molecule has 1 fully saturated rings.